The first-order valence-electron chi connectivity index (χ1n) is 24.6. The molecule has 2 heteroatoms. The van der Waals surface area contributed by atoms with Crippen molar-refractivity contribution in [1.82, 2.24) is 4.57 Å². The average Bonchev–Trinajstić information content (AvgIpc) is 3.89. The Morgan fingerprint density at radius 2 is 0.942 bits per heavy atom. The molecular weight excluding hydrogens is 833 g/mol. The Kier molecular flexibility index (Phi) is 9.30. The number of rotatable bonds is 7. The van der Waals surface area contributed by atoms with Gasteiger partial charge in [-0.3, -0.25) is 0 Å². The molecule has 2 aliphatic rings. The smallest absolute Gasteiger partial charge is 0.0714 e. The molecule has 2 aliphatic carbocycles. The maximum atomic E-state index is 2.63. The van der Waals surface area contributed by atoms with E-state index in [1.807, 2.05) is 0 Å². The second kappa shape index (κ2) is 15.6. The molecule has 0 radical (unpaired) electrons. The van der Waals surface area contributed by atoms with Crippen molar-refractivity contribution in [3.05, 3.63) is 264 Å². The van der Waals surface area contributed by atoms with Crippen molar-refractivity contribution in [2.24, 2.45) is 0 Å². The second-order valence-electron chi connectivity index (χ2n) is 20.7. The van der Waals surface area contributed by atoms with E-state index >= 15 is 0 Å². The highest BCUT2D eigenvalue weighted by Crippen LogP contribution is 2.60. The van der Waals surface area contributed by atoms with E-state index < -0.39 is 5.41 Å². The number of nitrogens with zero attached hydrogens (tertiary/aromatic N) is 2. The van der Waals surface area contributed by atoms with E-state index in [1.54, 1.807) is 0 Å². The fraction of sp³-hybridized carbons (Fsp3) is 0.134. The maximum absolute atomic E-state index is 2.63. The quantitative estimate of drug-likeness (QED) is 0.155. The summed E-state index contributed by atoms with van der Waals surface area (Å²) in [5, 5.41) is 4.93. The van der Waals surface area contributed by atoms with Crippen LogP contribution in [-0.4, -0.2) is 4.57 Å². The van der Waals surface area contributed by atoms with E-state index in [2.05, 4.69) is 268 Å². The zero-order chi connectivity index (χ0) is 46.5. The molecule has 13 rings (SSSR count). The molecule has 2 nitrogen and oxygen atoms in total. The molecule has 0 aliphatic heterocycles. The fourth-order valence-corrected chi connectivity index (χ4v) is 12.4. The summed E-state index contributed by atoms with van der Waals surface area (Å²) in [7, 11) is 0. The normalized spacial score (nSPS) is 15.2. The molecule has 0 N–H and O–H groups in total. The summed E-state index contributed by atoms with van der Waals surface area (Å²) >= 11 is 0. The lowest BCUT2D eigenvalue weighted by Crippen LogP contribution is -2.35. The SMILES string of the molecule is CC1(C)CCC(C)(C)c2cc3c(cc21)-c1ccc(N(c2cccc(-c4cccc5c4c4ccccc4n5-c4ccccc4)c2)c2ccc4ccccc4c2)cc1C3(c1ccccc1)c1ccccc1. The molecule has 0 bridgehead atoms. The fourth-order valence-electron chi connectivity index (χ4n) is 12.4. The zero-order valence-electron chi connectivity index (χ0n) is 39.7. The summed E-state index contributed by atoms with van der Waals surface area (Å²) in [5.41, 5.74) is 19.7. The van der Waals surface area contributed by atoms with Crippen molar-refractivity contribution in [1.29, 1.82) is 0 Å². The minimum atomic E-state index is -0.560. The average molecular weight is 887 g/mol. The highest BCUT2D eigenvalue weighted by molar-refractivity contribution is 6.16. The van der Waals surface area contributed by atoms with E-state index in [9.17, 15) is 0 Å². The van der Waals surface area contributed by atoms with Crippen LogP contribution in [0.1, 0.15) is 73.9 Å². The van der Waals surface area contributed by atoms with Gasteiger partial charge in [0.25, 0.3) is 0 Å². The Hall–Kier alpha value is -7.94. The zero-order valence-corrected chi connectivity index (χ0v) is 39.7. The van der Waals surface area contributed by atoms with Crippen molar-refractivity contribution in [2.75, 3.05) is 4.90 Å². The van der Waals surface area contributed by atoms with Gasteiger partial charge in [0, 0.05) is 33.5 Å². The van der Waals surface area contributed by atoms with Gasteiger partial charge in [-0.15, -0.1) is 0 Å². The lowest BCUT2D eigenvalue weighted by Gasteiger charge is -2.43. The first-order valence-corrected chi connectivity index (χ1v) is 24.6. The van der Waals surface area contributed by atoms with Gasteiger partial charge in [0.1, 0.15) is 0 Å². The molecule has 0 saturated heterocycles. The molecular formula is C67H54N2. The number of hydrogen-bond acceptors (Lipinski definition) is 1. The maximum Gasteiger partial charge on any atom is 0.0714 e. The van der Waals surface area contributed by atoms with Crippen molar-refractivity contribution in [2.45, 2.75) is 56.8 Å². The second-order valence-corrected chi connectivity index (χ2v) is 20.7. The molecule has 1 heterocycles. The van der Waals surface area contributed by atoms with Gasteiger partial charge in [-0.05, 0) is 157 Å². The van der Waals surface area contributed by atoms with Gasteiger partial charge in [0.2, 0.25) is 0 Å². The molecule has 0 fully saturated rings. The number of hydrogen-bond donors (Lipinski definition) is 0. The first kappa shape index (κ1) is 41.3. The summed E-state index contributed by atoms with van der Waals surface area (Å²) in [6, 6.07) is 86.4. The lowest BCUT2D eigenvalue weighted by atomic mass is 9.61. The van der Waals surface area contributed by atoms with E-state index in [0.29, 0.717) is 0 Å². The van der Waals surface area contributed by atoms with Crippen molar-refractivity contribution < 1.29 is 0 Å². The van der Waals surface area contributed by atoms with Gasteiger partial charge < -0.3 is 9.47 Å². The van der Waals surface area contributed by atoms with Crippen LogP contribution in [0.4, 0.5) is 17.1 Å². The summed E-state index contributed by atoms with van der Waals surface area (Å²) in [5.74, 6) is 0. The Morgan fingerprint density at radius 1 is 0.377 bits per heavy atom. The van der Waals surface area contributed by atoms with Gasteiger partial charge in [0.15, 0.2) is 0 Å². The van der Waals surface area contributed by atoms with Gasteiger partial charge in [0.05, 0.1) is 16.4 Å². The van der Waals surface area contributed by atoms with E-state index in [-0.39, 0.29) is 10.8 Å². The van der Waals surface area contributed by atoms with Crippen LogP contribution < -0.4 is 4.90 Å². The van der Waals surface area contributed by atoms with Crippen LogP contribution in [0.3, 0.4) is 0 Å². The Morgan fingerprint density at radius 3 is 1.68 bits per heavy atom. The first-order chi connectivity index (χ1) is 33.7. The topological polar surface area (TPSA) is 8.17 Å². The van der Waals surface area contributed by atoms with Gasteiger partial charge in [-0.2, -0.15) is 0 Å². The third kappa shape index (κ3) is 6.31. The molecule has 11 aromatic rings. The molecule has 10 aromatic carbocycles. The number of benzene rings is 10. The van der Waals surface area contributed by atoms with Gasteiger partial charge in [-0.1, -0.05) is 191 Å². The van der Waals surface area contributed by atoms with Crippen LogP contribution in [0.2, 0.25) is 0 Å². The number of fused-ring (bicyclic) bond motifs is 8. The van der Waals surface area contributed by atoms with E-state index in [4.69, 9.17) is 0 Å². The summed E-state index contributed by atoms with van der Waals surface area (Å²) < 4.78 is 2.41. The predicted molar refractivity (Wildman–Crippen MR) is 291 cm³/mol. The molecule has 1 aromatic heterocycles. The number of anilines is 3. The molecule has 332 valence electrons. The van der Waals surface area contributed by atoms with E-state index in [0.717, 1.165) is 29.2 Å². The summed E-state index contributed by atoms with van der Waals surface area (Å²) in [6.45, 7) is 9.81. The van der Waals surface area contributed by atoms with Crippen LogP contribution in [-0.2, 0) is 16.2 Å². The highest BCUT2D eigenvalue weighted by atomic mass is 15.1. The van der Waals surface area contributed by atoms with Crippen molar-refractivity contribution in [3.8, 4) is 27.9 Å². The largest absolute Gasteiger partial charge is 0.310 e. The molecule has 0 atom stereocenters. The summed E-state index contributed by atoms with van der Waals surface area (Å²) in [6.07, 6.45) is 2.33. The summed E-state index contributed by atoms with van der Waals surface area (Å²) in [4.78, 5) is 2.49. The van der Waals surface area contributed by atoms with Crippen LogP contribution in [0.25, 0.3) is 60.5 Å². The third-order valence-corrected chi connectivity index (χ3v) is 15.9. The standard InChI is InChI=1S/C67H54N2/c1-65(2)38-39-66(3,4)61-44-59-57(43-60(61)65)55-37-36-53(42-58(55)67(59,48-23-8-5-9-24-48)49-25-10-6-11-26-49)68(52-35-34-45-20-14-15-21-46(45)40-52)51-29-18-22-47(41-51)54-31-19-33-63-64(54)56-30-16-17-32-62(56)69(63)50-27-12-7-13-28-50/h5-37,40-44H,38-39H2,1-4H3. The van der Waals surface area contributed by atoms with Gasteiger partial charge in [-0.25, -0.2) is 0 Å². The van der Waals surface area contributed by atoms with Crippen molar-refractivity contribution >= 4 is 49.6 Å². The van der Waals surface area contributed by atoms with Crippen LogP contribution in [0.15, 0.2) is 231 Å². The molecule has 0 amide bonds. The molecule has 0 saturated carbocycles. The Balaban J connectivity index is 1.07. The monoisotopic (exact) mass is 886 g/mol. The highest BCUT2D eigenvalue weighted by Gasteiger charge is 2.49. The Bertz CT molecular complexity index is 3740. The van der Waals surface area contributed by atoms with Crippen LogP contribution in [0, 0.1) is 0 Å². The minimum absolute atomic E-state index is 0.0532. The third-order valence-electron chi connectivity index (χ3n) is 15.9. The molecule has 69 heavy (non-hydrogen) atoms. The van der Waals surface area contributed by atoms with Crippen LogP contribution in [0.5, 0.6) is 0 Å². The number of aromatic nitrogens is 1. The van der Waals surface area contributed by atoms with Crippen LogP contribution >= 0.6 is 0 Å². The van der Waals surface area contributed by atoms with Crippen molar-refractivity contribution in [3.63, 3.8) is 0 Å². The number of para-hydroxylation sites is 2. The predicted octanol–water partition coefficient (Wildman–Crippen LogP) is 17.8. The van der Waals surface area contributed by atoms with E-state index in [1.165, 1.54) is 94.6 Å². The Labute approximate surface area is 405 Å². The van der Waals surface area contributed by atoms with Gasteiger partial charge >= 0.3 is 0 Å². The molecule has 0 unspecified atom stereocenters. The minimum Gasteiger partial charge on any atom is -0.310 e. The lowest BCUT2D eigenvalue weighted by molar-refractivity contribution is 0.331. The molecule has 0 spiro atoms.